The molecule has 0 aliphatic rings. The van der Waals surface area contributed by atoms with E-state index in [0.717, 1.165) is 15.2 Å². The molecule has 0 aliphatic carbocycles. The van der Waals surface area contributed by atoms with Gasteiger partial charge in [-0.05, 0) is 35.2 Å². The van der Waals surface area contributed by atoms with E-state index in [1.807, 2.05) is 49.5 Å². The maximum atomic E-state index is 12.6. The number of fused-ring (bicyclic) bond motifs is 1. The van der Waals surface area contributed by atoms with Crippen molar-refractivity contribution in [2.45, 2.75) is 32.7 Å². The summed E-state index contributed by atoms with van der Waals surface area (Å²) in [6.07, 6.45) is 0. The van der Waals surface area contributed by atoms with Crippen molar-refractivity contribution in [3.8, 4) is 0 Å². The molecule has 2 aromatic carbocycles. The Kier molecular flexibility index (Phi) is 4.41. The Morgan fingerprint density at radius 1 is 1.08 bits per heavy atom. The van der Waals surface area contributed by atoms with E-state index < -0.39 is 0 Å². The van der Waals surface area contributed by atoms with E-state index in [1.165, 1.54) is 5.56 Å². The largest absolute Gasteiger partial charge is 0.335 e. The standard InChI is InChI=1S/C20H22N2OS/c1-20(2,3)15-11-9-14(10-12-15)19(23)22(4)13-18-21-16-7-5-6-8-17(16)24-18/h5-12H,13H2,1-4H3. The lowest BCUT2D eigenvalue weighted by atomic mass is 9.86. The zero-order valence-corrected chi connectivity index (χ0v) is 15.4. The summed E-state index contributed by atoms with van der Waals surface area (Å²) in [4.78, 5) is 19.0. The van der Waals surface area contributed by atoms with Gasteiger partial charge in [-0.3, -0.25) is 4.79 Å². The average molecular weight is 338 g/mol. The van der Waals surface area contributed by atoms with Gasteiger partial charge >= 0.3 is 0 Å². The minimum Gasteiger partial charge on any atom is -0.335 e. The number of amides is 1. The molecule has 24 heavy (non-hydrogen) atoms. The molecule has 0 saturated carbocycles. The van der Waals surface area contributed by atoms with E-state index >= 15 is 0 Å². The number of hydrogen-bond acceptors (Lipinski definition) is 3. The molecule has 0 N–H and O–H groups in total. The van der Waals surface area contributed by atoms with Crippen LogP contribution < -0.4 is 0 Å². The van der Waals surface area contributed by atoms with E-state index in [0.29, 0.717) is 12.1 Å². The van der Waals surface area contributed by atoms with Crippen LogP contribution in [0.4, 0.5) is 0 Å². The summed E-state index contributed by atoms with van der Waals surface area (Å²) in [5, 5.41) is 0.957. The van der Waals surface area contributed by atoms with E-state index in [1.54, 1.807) is 16.2 Å². The van der Waals surface area contributed by atoms with Crippen molar-refractivity contribution < 1.29 is 4.79 Å². The van der Waals surface area contributed by atoms with Crippen molar-refractivity contribution >= 4 is 27.5 Å². The molecule has 1 amide bonds. The van der Waals surface area contributed by atoms with Gasteiger partial charge in [-0.25, -0.2) is 4.98 Å². The second kappa shape index (κ2) is 6.36. The van der Waals surface area contributed by atoms with Crippen LogP contribution in [0.3, 0.4) is 0 Å². The summed E-state index contributed by atoms with van der Waals surface area (Å²) in [6, 6.07) is 16.0. The monoisotopic (exact) mass is 338 g/mol. The third kappa shape index (κ3) is 3.49. The molecular formula is C20H22N2OS. The molecule has 3 aromatic rings. The van der Waals surface area contributed by atoms with Gasteiger partial charge in [0, 0.05) is 12.6 Å². The first-order chi connectivity index (χ1) is 11.3. The number of rotatable bonds is 3. The lowest BCUT2D eigenvalue weighted by Gasteiger charge is -2.20. The molecule has 0 atom stereocenters. The molecule has 0 fully saturated rings. The zero-order chi connectivity index (χ0) is 17.3. The summed E-state index contributed by atoms with van der Waals surface area (Å²) in [5.41, 5.74) is 3.03. The van der Waals surface area contributed by atoms with Crippen LogP contribution in [0.25, 0.3) is 10.2 Å². The van der Waals surface area contributed by atoms with E-state index in [2.05, 4.69) is 31.8 Å². The Morgan fingerprint density at radius 2 is 1.75 bits per heavy atom. The summed E-state index contributed by atoms with van der Waals surface area (Å²) in [5.74, 6) is 0.0229. The molecule has 0 radical (unpaired) electrons. The van der Waals surface area contributed by atoms with Gasteiger partial charge in [0.05, 0.1) is 16.8 Å². The molecule has 3 rings (SSSR count). The van der Waals surface area contributed by atoms with Gasteiger partial charge in [-0.15, -0.1) is 11.3 Å². The minimum atomic E-state index is 0.0229. The number of para-hydroxylation sites is 1. The van der Waals surface area contributed by atoms with Crippen molar-refractivity contribution in [3.63, 3.8) is 0 Å². The highest BCUT2D eigenvalue weighted by atomic mass is 32.1. The Balaban J connectivity index is 1.74. The van der Waals surface area contributed by atoms with Crippen LogP contribution in [-0.4, -0.2) is 22.8 Å². The second-order valence-corrected chi connectivity index (χ2v) is 8.18. The molecule has 4 heteroatoms. The van der Waals surface area contributed by atoms with Gasteiger partial charge in [0.2, 0.25) is 0 Å². The van der Waals surface area contributed by atoms with E-state index in [-0.39, 0.29) is 11.3 Å². The Labute approximate surface area is 147 Å². The number of nitrogens with zero attached hydrogens (tertiary/aromatic N) is 2. The molecule has 0 aliphatic heterocycles. The summed E-state index contributed by atoms with van der Waals surface area (Å²) >= 11 is 1.64. The highest BCUT2D eigenvalue weighted by Crippen LogP contribution is 2.24. The maximum Gasteiger partial charge on any atom is 0.253 e. The first kappa shape index (κ1) is 16.7. The van der Waals surface area contributed by atoms with Crippen molar-refractivity contribution in [1.29, 1.82) is 0 Å². The van der Waals surface area contributed by atoms with Gasteiger partial charge in [0.15, 0.2) is 0 Å². The highest BCUT2D eigenvalue weighted by Gasteiger charge is 2.17. The van der Waals surface area contributed by atoms with Crippen molar-refractivity contribution in [2.75, 3.05) is 7.05 Å². The molecule has 0 spiro atoms. The SMILES string of the molecule is CN(Cc1nc2ccccc2s1)C(=O)c1ccc(C(C)(C)C)cc1. The van der Waals surface area contributed by atoms with E-state index in [9.17, 15) is 4.79 Å². The first-order valence-electron chi connectivity index (χ1n) is 8.05. The lowest BCUT2D eigenvalue weighted by Crippen LogP contribution is -2.26. The number of thiazole rings is 1. The summed E-state index contributed by atoms with van der Waals surface area (Å²) in [7, 11) is 1.83. The van der Waals surface area contributed by atoms with Crippen molar-refractivity contribution in [1.82, 2.24) is 9.88 Å². The van der Waals surface area contributed by atoms with Crippen LogP contribution in [0.5, 0.6) is 0 Å². The average Bonchev–Trinajstić information content (AvgIpc) is 2.95. The van der Waals surface area contributed by atoms with Gasteiger partial charge in [-0.2, -0.15) is 0 Å². The van der Waals surface area contributed by atoms with Gasteiger partial charge in [0.1, 0.15) is 5.01 Å². The van der Waals surface area contributed by atoms with E-state index in [4.69, 9.17) is 0 Å². The number of carbonyl (C=O) groups excluding carboxylic acids is 1. The predicted molar refractivity (Wildman–Crippen MR) is 101 cm³/mol. The molecule has 3 nitrogen and oxygen atoms in total. The van der Waals surface area contributed by atoms with Crippen LogP contribution >= 0.6 is 11.3 Å². The maximum absolute atomic E-state index is 12.6. The molecule has 0 saturated heterocycles. The fraction of sp³-hybridized carbons (Fsp3) is 0.300. The first-order valence-corrected chi connectivity index (χ1v) is 8.87. The number of aromatic nitrogens is 1. The Hall–Kier alpha value is -2.20. The van der Waals surface area contributed by atoms with Crippen molar-refractivity contribution in [2.24, 2.45) is 0 Å². The fourth-order valence-electron chi connectivity index (χ4n) is 2.60. The normalized spacial score (nSPS) is 11.7. The van der Waals surface area contributed by atoms with Gasteiger partial charge in [0.25, 0.3) is 5.91 Å². The zero-order valence-electron chi connectivity index (χ0n) is 14.5. The topological polar surface area (TPSA) is 33.2 Å². The Morgan fingerprint density at radius 3 is 2.38 bits per heavy atom. The van der Waals surface area contributed by atoms with Crippen LogP contribution in [0.2, 0.25) is 0 Å². The van der Waals surface area contributed by atoms with Crippen LogP contribution in [0.15, 0.2) is 48.5 Å². The molecular weight excluding hydrogens is 316 g/mol. The van der Waals surface area contributed by atoms with Gasteiger partial charge in [-0.1, -0.05) is 45.0 Å². The predicted octanol–water partition coefficient (Wildman–Crippen LogP) is 4.87. The quantitative estimate of drug-likeness (QED) is 0.683. The smallest absolute Gasteiger partial charge is 0.253 e. The van der Waals surface area contributed by atoms with Crippen molar-refractivity contribution in [3.05, 3.63) is 64.7 Å². The van der Waals surface area contributed by atoms with Crippen LogP contribution in [0, 0.1) is 0 Å². The molecule has 0 bridgehead atoms. The molecule has 124 valence electrons. The Bertz CT molecular complexity index is 826. The summed E-state index contributed by atoms with van der Waals surface area (Å²) in [6.45, 7) is 7.04. The fourth-order valence-corrected chi connectivity index (χ4v) is 3.62. The molecule has 1 heterocycles. The minimum absolute atomic E-state index is 0.0229. The lowest BCUT2D eigenvalue weighted by molar-refractivity contribution is 0.0785. The van der Waals surface area contributed by atoms with Crippen LogP contribution in [0.1, 0.15) is 41.7 Å². The van der Waals surface area contributed by atoms with Gasteiger partial charge < -0.3 is 4.90 Å². The number of benzene rings is 2. The highest BCUT2D eigenvalue weighted by molar-refractivity contribution is 7.18. The number of hydrogen-bond donors (Lipinski definition) is 0. The number of carbonyl (C=O) groups is 1. The second-order valence-electron chi connectivity index (χ2n) is 7.06. The van der Waals surface area contributed by atoms with Crippen LogP contribution in [-0.2, 0) is 12.0 Å². The third-order valence-electron chi connectivity index (χ3n) is 4.06. The molecule has 0 unspecified atom stereocenters. The summed E-state index contributed by atoms with van der Waals surface area (Å²) < 4.78 is 1.16. The molecule has 1 aromatic heterocycles. The third-order valence-corrected chi connectivity index (χ3v) is 5.08.